The van der Waals surface area contributed by atoms with E-state index in [1.54, 1.807) is 0 Å². The lowest BCUT2D eigenvalue weighted by Gasteiger charge is -2.21. The van der Waals surface area contributed by atoms with Gasteiger partial charge < -0.3 is 5.32 Å². The van der Waals surface area contributed by atoms with Crippen LogP contribution in [0.4, 0.5) is 0 Å². The molecular weight excluding hydrogens is 136 g/mol. The van der Waals surface area contributed by atoms with Gasteiger partial charge in [0.1, 0.15) is 0 Å². The monoisotopic (exact) mass is 146 g/mol. The predicted molar refractivity (Wildman–Crippen MR) is 43.8 cm³/mol. The lowest BCUT2D eigenvalue weighted by Crippen LogP contribution is -2.37. The van der Waals surface area contributed by atoms with E-state index < -0.39 is 0 Å². The van der Waals surface area contributed by atoms with Gasteiger partial charge in [0, 0.05) is 12.2 Å². The van der Waals surface area contributed by atoms with Gasteiger partial charge in [-0.3, -0.25) is 5.32 Å². The number of hydrogen-bond acceptors (Lipinski definition) is 2. The van der Waals surface area contributed by atoms with Crippen molar-refractivity contribution in [2.75, 3.05) is 13.2 Å². The van der Waals surface area contributed by atoms with Crippen LogP contribution in [0.2, 0.25) is 0 Å². The van der Waals surface area contributed by atoms with E-state index in [0.717, 1.165) is 13.2 Å². The standard InChI is InChI=1S/C9H10N2/c1-2-7-3-6(1)8-4-10-5-11-9(7)8/h1-2,10-11H,3-5H2. The predicted octanol–water partition coefficient (Wildman–Crippen LogP) is 0.661. The zero-order valence-electron chi connectivity index (χ0n) is 6.28. The Labute approximate surface area is 65.7 Å². The maximum atomic E-state index is 3.37. The fourth-order valence-corrected chi connectivity index (χ4v) is 2.02. The third-order valence-corrected chi connectivity index (χ3v) is 2.57. The second kappa shape index (κ2) is 1.77. The second-order valence-electron chi connectivity index (χ2n) is 3.19. The summed E-state index contributed by atoms with van der Waals surface area (Å²) < 4.78 is 0. The molecule has 0 aromatic heterocycles. The Bertz CT molecular complexity index is 278. The molecule has 2 aliphatic carbocycles. The Morgan fingerprint density at radius 1 is 1.18 bits per heavy atom. The number of fused-ring (bicyclic) bond motifs is 3. The largest absolute Gasteiger partial charge is 0.372 e. The summed E-state index contributed by atoms with van der Waals surface area (Å²) in [6.07, 6.45) is 5.63. The van der Waals surface area contributed by atoms with Crippen LogP contribution in [0.25, 0.3) is 0 Å². The molecule has 0 spiro atoms. The molecule has 1 aliphatic heterocycles. The Hall–Kier alpha value is -1.02. The minimum Gasteiger partial charge on any atom is -0.372 e. The highest BCUT2D eigenvalue weighted by Crippen LogP contribution is 2.37. The normalized spacial score (nSPS) is 26.2. The van der Waals surface area contributed by atoms with E-state index in [2.05, 4.69) is 22.8 Å². The topological polar surface area (TPSA) is 24.1 Å². The van der Waals surface area contributed by atoms with Crippen LogP contribution in [0.5, 0.6) is 0 Å². The molecule has 1 fully saturated rings. The van der Waals surface area contributed by atoms with E-state index in [9.17, 15) is 0 Å². The van der Waals surface area contributed by atoms with Gasteiger partial charge in [0.05, 0.1) is 6.67 Å². The molecule has 0 saturated carbocycles. The SMILES string of the molecule is C1=CC2=C3NCNCC3=C1C2. The van der Waals surface area contributed by atoms with Crippen molar-refractivity contribution in [1.82, 2.24) is 10.6 Å². The first kappa shape index (κ1) is 5.61. The van der Waals surface area contributed by atoms with E-state index in [0.29, 0.717) is 0 Å². The van der Waals surface area contributed by atoms with Crippen molar-refractivity contribution < 1.29 is 0 Å². The zero-order chi connectivity index (χ0) is 7.26. The van der Waals surface area contributed by atoms with E-state index >= 15 is 0 Å². The molecule has 56 valence electrons. The van der Waals surface area contributed by atoms with Gasteiger partial charge in [-0.15, -0.1) is 0 Å². The molecule has 1 heterocycles. The first-order chi connectivity index (χ1) is 5.45. The summed E-state index contributed by atoms with van der Waals surface area (Å²) in [5.74, 6) is 0. The Morgan fingerprint density at radius 2 is 2.09 bits per heavy atom. The summed E-state index contributed by atoms with van der Waals surface area (Å²) in [5, 5.41) is 6.68. The van der Waals surface area contributed by atoms with Crippen LogP contribution in [0.1, 0.15) is 6.42 Å². The maximum absolute atomic E-state index is 3.37. The third kappa shape index (κ3) is 0.601. The lowest BCUT2D eigenvalue weighted by molar-refractivity contribution is 0.620. The average Bonchev–Trinajstić information content (AvgIpc) is 2.64. The first-order valence-corrected chi connectivity index (χ1v) is 4.03. The highest BCUT2D eigenvalue weighted by atomic mass is 15.1. The average molecular weight is 146 g/mol. The Balaban J connectivity index is 2.17. The number of nitrogens with one attached hydrogen (secondary N) is 2. The van der Waals surface area contributed by atoms with Crippen molar-refractivity contribution in [2.24, 2.45) is 0 Å². The summed E-state index contributed by atoms with van der Waals surface area (Å²) >= 11 is 0. The van der Waals surface area contributed by atoms with Crippen LogP contribution in [0, 0.1) is 0 Å². The molecule has 2 heteroatoms. The molecule has 3 rings (SSSR count). The van der Waals surface area contributed by atoms with Gasteiger partial charge >= 0.3 is 0 Å². The molecule has 3 aliphatic rings. The highest BCUT2D eigenvalue weighted by Gasteiger charge is 2.26. The van der Waals surface area contributed by atoms with E-state index in [-0.39, 0.29) is 0 Å². The molecule has 0 radical (unpaired) electrons. The summed E-state index contributed by atoms with van der Waals surface area (Å²) in [7, 11) is 0. The van der Waals surface area contributed by atoms with Crippen molar-refractivity contribution in [2.45, 2.75) is 6.42 Å². The van der Waals surface area contributed by atoms with Gasteiger partial charge in [0.25, 0.3) is 0 Å². The molecule has 0 amide bonds. The first-order valence-electron chi connectivity index (χ1n) is 4.03. The Morgan fingerprint density at radius 3 is 3.00 bits per heavy atom. The van der Waals surface area contributed by atoms with E-state index in [1.165, 1.54) is 28.8 Å². The molecule has 0 unspecified atom stereocenters. The zero-order valence-corrected chi connectivity index (χ0v) is 6.28. The van der Waals surface area contributed by atoms with Crippen molar-refractivity contribution in [3.8, 4) is 0 Å². The fourth-order valence-electron chi connectivity index (χ4n) is 2.02. The smallest absolute Gasteiger partial charge is 0.0655 e. The molecule has 0 atom stereocenters. The van der Waals surface area contributed by atoms with Gasteiger partial charge in [-0.1, -0.05) is 12.2 Å². The minimum absolute atomic E-state index is 0.920. The van der Waals surface area contributed by atoms with Crippen LogP contribution in [-0.2, 0) is 0 Å². The van der Waals surface area contributed by atoms with E-state index in [1.807, 2.05) is 0 Å². The summed E-state index contributed by atoms with van der Waals surface area (Å²) in [6, 6.07) is 0. The lowest BCUT2D eigenvalue weighted by atomic mass is 10.1. The van der Waals surface area contributed by atoms with Crippen LogP contribution in [0.3, 0.4) is 0 Å². The third-order valence-electron chi connectivity index (χ3n) is 2.57. The van der Waals surface area contributed by atoms with Gasteiger partial charge in [-0.2, -0.15) is 0 Å². The summed E-state index contributed by atoms with van der Waals surface area (Å²) in [4.78, 5) is 0. The molecule has 2 nitrogen and oxygen atoms in total. The summed E-state index contributed by atoms with van der Waals surface area (Å²) in [5.41, 5.74) is 5.89. The van der Waals surface area contributed by atoms with E-state index in [4.69, 9.17) is 0 Å². The van der Waals surface area contributed by atoms with Crippen molar-refractivity contribution >= 4 is 0 Å². The molecule has 2 N–H and O–H groups in total. The quantitative estimate of drug-likeness (QED) is 0.524. The fraction of sp³-hybridized carbons (Fsp3) is 0.333. The molecule has 0 aromatic rings. The van der Waals surface area contributed by atoms with Gasteiger partial charge in [-0.25, -0.2) is 0 Å². The van der Waals surface area contributed by atoms with Crippen LogP contribution in [0.15, 0.2) is 34.6 Å². The Kier molecular flexibility index (Phi) is 0.902. The number of rotatable bonds is 0. The molecule has 11 heavy (non-hydrogen) atoms. The number of hydrogen-bond donors (Lipinski definition) is 2. The van der Waals surface area contributed by atoms with Crippen LogP contribution >= 0.6 is 0 Å². The van der Waals surface area contributed by atoms with Crippen molar-refractivity contribution in [3.05, 3.63) is 34.6 Å². The van der Waals surface area contributed by atoms with Crippen molar-refractivity contribution in [1.29, 1.82) is 0 Å². The second-order valence-corrected chi connectivity index (χ2v) is 3.19. The van der Waals surface area contributed by atoms with Gasteiger partial charge in [-0.05, 0) is 23.1 Å². The number of allylic oxidation sites excluding steroid dienone is 4. The molecular formula is C9H10N2. The molecule has 0 aromatic carbocycles. The minimum atomic E-state index is 0.920. The molecule has 2 bridgehead atoms. The summed E-state index contributed by atoms with van der Waals surface area (Å²) in [6.45, 7) is 1.97. The molecule has 1 saturated heterocycles. The van der Waals surface area contributed by atoms with Gasteiger partial charge in [0.2, 0.25) is 0 Å². The highest BCUT2D eigenvalue weighted by molar-refractivity contribution is 5.60. The maximum Gasteiger partial charge on any atom is 0.0655 e. The van der Waals surface area contributed by atoms with Crippen LogP contribution in [-0.4, -0.2) is 13.2 Å². The van der Waals surface area contributed by atoms with Crippen molar-refractivity contribution in [3.63, 3.8) is 0 Å². The van der Waals surface area contributed by atoms with Gasteiger partial charge in [0.15, 0.2) is 0 Å². The van der Waals surface area contributed by atoms with Crippen LogP contribution < -0.4 is 10.6 Å².